The molecule has 1 aromatic carbocycles. The standard InChI is InChI=1S/C16H14BrN3O4/c1-9-12(6-7-24-9)15(22)19-18-13-8-14(21)20(16(13)23)11-4-2-10(17)3-5-11/h2-7,13,18H,8H2,1H3,(H,19,22). The van der Waals surface area contributed by atoms with E-state index in [0.717, 1.165) is 9.37 Å². The fourth-order valence-electron chi connectivity index (χ4n) is 2.45. The van der Waals surface area contributed by atoms with Crippen molar-refractivity contribution in [2.24, 2.45) is 0 Å². The third-order valence-corrected chi connectivity index (χ3v) is 4.22. The molecule has 2 heterocycles. The van der Waals surface area contributed by atoms with Gasteiger partial charge < -0.3 is 4.42 Å². The van der Waals surface area contributed by atoms with Gasteiger partial charge in [-0.3, -0.25) is 19.8 Å². The molecule has 0 bridgehead atoms. The van der Waals surface area contributed by atoms with Crippen LogP contribution in [0.15, 0.2) is 45.5 Å². The predicted octanol–water partition coefficient (Wildman–Crippen LogP) is 1.92. The number of hydrogen-bond acceptors (Lipinski definition) is 5. The van der Waals surface area contributed by atoms with Gasteiger partial charge in [0.25, 0.3) is 11.8 Å². The summed E-state index contributed by atoms with van der Waals surface area (Å²) >= 11 is 3.31. The minimum Gasteiger partial charge on any atom is -0.469 e. The predicted molar refractivity (Wildman–Crippen MR) is 89.1 cm³/mol. The molecule has 0 aliphatic carbocycles. The van der Waals surface area contributed by atoms with Gasteiger partial charge in [-0.1, -0.05) is 15.9 Å². The molecule has 24 heavy (non-hydrogen) atoms. The van der Waals surface area contributed by atoms with Crippen LogP contribution in [-0.2, 0) is 9.59 Å². The second-order valence-electron chi connectivity index (χ2n) is 5.29. The molecule has 8 heteroatoms. The number of anilines is 1. The summed E-state index contributed by atoms with van der Waals surface area (Å²) in [6, 6.07) is 7.57. The SMILES string of the molecule is Cc1occc1C(=O)NNC1CC(=O)N(c2ccc(Br)cc2)C1=O. The van der Waals surface area contributed by atoms with Gasteiger partial charge in [0.1, 0.15) is 11.8 Å². The molecule has 1 fully saturated rings. The lowest BCUT2D eigenvalue weighted by atomic mass is 10.2. The summed E-state index contributed by atoms with van der Waals surface area (Å²) in [6.45, 7) is 1.66. The topological polar surface area (TPSA) is 91.7 Å². The van der Waals surface area contributed by atoms with Gasteiger partial charge in [-0.2, -0.15) is 0 Å². The van der Waals surface area contributed by atoms with Crippen LogP contribution in [0.3, 0.4) is 0 Å². The van der Waals surface area contributed by atoms with Crippen molar-refractivity contribution >= 4 is 39.3 Å². The van der Waals surface area contributed by atoms with E-state index in [1.54, 1.807) is 31.2 Å². The first-order chi connectivity index (χ1) is 11.5. The number of nitrogens with zero attached hydrogens (tertiary/aromatic N) is 1. The number of carbonyl (C=O) groups excluding carboxylic acids is 3. The van der Waals surface area contributed by atoms with E-state index in [0.29, 0.717) is 17.0 Å². The van der Waals surface area contributed by atoms with Crippen molar-refractivity contribution < 1.29 is 18.8 Å². The maximum absolute atomic E-state index is 12.4. The molecule has 1 aliphatic heterocycles. The number of halogens is 1. The van der Waals surface area contributed by atoms with Gasteiger partial charge in [-0.15, -0.1) is 0 Å². The first-order valence-electron chi connectivity index (χ1n) is 7.19. The fourth-order valence-corrected chi connectivity index (χ4v) is 2.71. The maximum Gasteiger partial charge on any atom is 0.268 e. The number of benzene rings is 1. The fraction of sp³-hybridized carbons (Fsp3) is 0.188. The first-order valence-corrected chi connectivity index (χ1v) is 7.99. The molecule has 1 saturated heterocycles. The summed E-state index contributed by atoms with van der Waals surface area (Å²) < 4.78 is 5.91. The monoisotopic (exact) mass is 391 g/mol. The molecule has 3 amide bonds. The first kappa shape index (κ1) is 16.4. The summed E-state index contributed by atoms with van der Waals surface area (Å²) in [5, 5.41) is 0. The third-order valence-electron chi connectivity index (χ3n) is 3.69. The molecular formula is C16H14BrN3O4. The van der Waals surface area contributed by atoms with Crippen LogP contribution >= 0.6 is 15.9 Å². The van der Waals surface area contributed by atoms with Crippen LogP contribution in [0.4, 0.5) is 5.69 Å². The lowest BCUT2D eigenvalue weighted by Crippen LogP contribution is -2.48. The van der Waals surface area contributed by atoms with Crippen LogP contribution in [0, 0.1) is 6.92 Å². The molecule has 0 radical (unpaired) electrons. The zero-order valence-corrected chi connectivity index (χ0v) is 14.3. The van der Waals surface area contributed by atoms with Crippen molar-refractivity contribution in [1.29, 1.82) is 0 Å². The van der Waals surface area contributed by atoms with E-state index in [1.165, 1.54) is 12.3 Å². The molecule has 124 valence electrons. The number of furan rings is 1. The molecule has 2 aromatic rings. The number of hydrazine groups is 1. The molecule has 1 aliphatic rings. The van der Waals surface area contributed by atoms with Crippen molar-refractivity contribution in [2.75, 3.05) is 4.90 Å². The summed E-state index contributed by atoms with van der Waals surface area (Å²) in [5.41, 5.74) is 5.93. The van der Waals surface area contributed by atoms with Gasteiger partial charge in [0.15, 0.2) is 0 Å². The highest BCUT2D eigenvalue weighted by molar-refractivity contribution is 9.10. The Balaban J connectivity index is 1.67. The van der Waals surface area contributed by atoms with Crippen LogP contribution in [0.25, 0.3) is 0 Å². The molecule has 1 aromatic heterocycles. The Morgan fingerprint density at radius 1 is 1.25 bits per heavy atom. The van der Waals surface area contributed by atoms with Crippen LogP contribution in [-0.4, -0.2) is 23.8 Å². The van der Waals surface area contributed by atoms with E-state index in [-0.39, 0.29) is 12.3 Å². The van der Waals surface area contributed by atoms with E-state index < -0.39 is 17.9 Å². The minimum atomic E-state index is -0.808. The Morgan fingerprint density at radius 3 is 2.58 bits per heavy atom. The Hall–Kier alpha value is -2.45. The highest BCUT2D eigenvalue weighted by Crippen LogP contribution is 2.24. The van der Waals surface area contributed by atoms with Crippen molar-refractivity contribution in [2.45, 2.75) is 19.4 Å². The second kappa shape index (κ2) is 6.58. The second-order valence-corrected chi connectivity index (χ2v) is 6.21. The maximum atomic E-state index is 12.4. The van der Waals surface area contributed by atoms with Gasteiger partial charge >= 0.3 is 0 Å². The Bertz CT molecular complexity index is 800. The summed E-state index contributed by atoms with van der Waals surface area (Å²) in [4.78, 5) is 37.7. The molecular weight excluding hydrogens is 378 g/mol. The molecule has 2 N–H and O–H groups in total. The smallest absolute Gasteiger partial charge is 0.268 e. The summed E-state index contributed by atoms with van der Waals surface area (Å²) in [7, 11) is 0. The minimum absolute atomic E-state index is 0.0282. The Morgan fingerprint density at radius 2 is 1.96 bits per heavy atom. The molecule has 7 nitrogen and oxygen atoms in total. The van der Waals surface area contributed by atoms with E-state index in [2.05, 4.69) is 26.8 Å². The lowest BCUT2D eigenvalue weighted by Gasteiger charge is -2.16. The average Bonchev–Trinajstić information content (AvgIpc) is 3.10. The molecule has 1 unspecified atom stereocenters. The van der Waals surface area contributed by atoms with Gasteiger partial charge in [0.2, 0.25) is 5.91 Å². The molecule has 3 rings (SSSR count). The van der Waals surface area contributed by atoms with Gasteiger partial charge in [-0.25, -0.2) is 10.3 Å². The van der Waals surface area contributed by atoms with Crippen LogP contribution < -0.4 is 15.8 Å². The van der Waals surface area contributed by atoms with Crippen molar-refractivity contribution in [3.63, 3.8) is 0 Å². The van der Waals surface area contributed by atoms with Gasteiger partial charge in [0, 0.05) is 4.47 Å². The number of aryl methyl sites for hydroxylation is 1. The van der Waals surface area contributed by atoms with E-state index in [9.17, 15) is 14.4 Å². The molecule has 1 atom stereocenters. The number of carbonyl (C=O) groups is 3. The van der Waals surface area contributed by atoms with Crippen LogP contribution in [0.2, 0.25) is 0 Å². The van der Waals surface area contributed by atoms with Crippen LogP contribution in [0.5, 0.6) is 0 Å². The zero-order chi connectivity index (χ0) is 17.3. The highest BCUT2D eigenvalue weighted by Gasteiger charge is 2.39. The van der Waals surface area contributed by atoms with Crippen LogP contribution in [0.1, 0.15) is 22.5 Å². The van der Waals surface area contributed by atoms with Crippen molar-refractivity contribution in [1.82, 2.24) is 10.9 Å². The molecule has 0 saturated carbocycles. The van der Waals surface area contributed by atoms with Crippen molar-refractivity contribution in [3.05, 3.63) is 52.4 Å². The summed E-state index contributed by atoms with van der Waals surface area (Å²) in [5.74, 6) is -0.691. The number of imide groups is 1. The number of rotatable bonds is 4. The number of amides is 3. The number of hydrogen-bond donors (Lipinski definition) is 2. The summed E-state index contributed by atoms with van der Waals surface area (Å²) in [6.07, 6.45) is 1.38. The quantitative estimate of drug-likeness (QED) is 0.613. The Kier molecular flexibility index (Phi) is 4.50. The normalized spacial score (nSPS) is 17.4. The Labute approximate surface area is 146 Å². The van der Waals surface area contributed by atoms with Gasteiger partial charge in [-0.05, 0) is 37.3 Å². The third kappa shape index (κ3) is 3.10. The van der Waals surface area contributed by atoms with Crippen molar-refractivity contribution in [3.8, 4) is 0 Å². The lowest BCUT2D eigenvalue weighted by molar-refractivity contribution is -0.121. The van der Waals surface area contributed by atoms with E-state index >= 15 is 0 Å². The highest BCUT2D eigenvalue weighted by atomic mass is 79.9. The molecule has 0 spiro atoms. The van der Waals surface area contributed by atoms with Gasteiger partial charge in [0.05, 0.1) is 23.9 Å². The van der Waals surface area contributed by atoms with E-state index in [1.807, 2.05) is 0 Å². The van der Waals surface area contributed by atoms with E-state index in [4.69, 9.17) is 4.42 Å². The number of nitrogens with one attached hydrogen (secondary N) is 2. The zero-order valence-electron chi connectivity index (χ0n) is 12.7. The largest absolute Gasteiger partial charge is 0.469 e. The average molecular weight is 392 g/mol.